The Kier molecular flexibility index (Phi) is 4.03. The van der Waals surface area contributed by atoms with Crippen molar-refractivity contribution in [1.82, 2.24) is 4.90 Å². The van der Waals surface area contributed by atoms with Crippen LogP contribution in [0, 0.1) is 5.92 Å². The maximum Gasteiger partial charge on any atom is 0.261 e. The molecule has 0 N–H and O–H groups in total. The topological polar surface area (TPSA) is 54.3 Å². The van der Waals surface area contributed by atoms with E-state index in [0.29, 0.717) is 5.84 Å². The summed E-state index contributed by atoms with van der Waals surface area (Å²) in [7, 11) is 0. The highest BCUT2D eigenvalue weighted by Gasteiger charge is 2.38. The van der Waals surface area contributed by atoms with Gasteiger partial charge in [-0.2, -0.15) is 4.99 Å². The third-order valence-corrected chi connectivity index (χ3v) is 5.55. The summed E-state index contributed by atoms with van der Waals surface area (Å²) >= 11 is 1.61. The van der Waals surface area contributed by atoms with Crippen molar-refractivity contribution < 1.29 is 9.53 Å². The Bertz CT molecular complexity index is 567. The Labute approximate surface area is 129 Å². The minimum Gasteiger partial charge on any atom is -0.376 e. The average molecular weight is 307 g/mol. The number of rotatable bonds is 2. The first-order valence-electron chi connectivity index (χ1n) is 7.39. The van der Waals surface area contributed by atoms with Crippen molar-refractivity contribution in [3.63, 3.8) is 0 Å². The zero-order valence-electron chi connectivity index (χ0n) is 12.9. The molecular weight excluding hydrogens is 286 g/mol. The number of carbonyl (C=O) groups excluding carboxylic acids is 1. The van der Waals surface area contributed by atoms with Gasteiger partial charge in [0.15, 0.2) is 0 Å². The molecule has 5 nitrogen and oxygen atoms in total. The van der Waals surface area contributed by atoms with Crippen LogP contribution in [-0.4, -0.2) is 53.5 Å². The van der Waals surface area contributed by atoms with Crippen LogP contribution in [0.2, 0.25) is 0 Å². The zero-order chi connectivity index (χ0) is 15.1. The Morgan fingerprint density at radius 2 is 2.14 bits per heavy atom. The molecule has 0 spiro atoms. The van der Waals surface area contributed by atoms with E-state index in [4.69, 9.17) is 4.74 Å². The van der Waals surface area contributed by atoms with Gasteiger partial charge >= 0.3 is 0 Å². The predicted molar refractivity (Wildman–Crippen MR) is 85.8 cm³/mol. The second-order valence-corrected chi connectivity index (χ2v) is 7.12. The molecule has 0 radical (unpaired) electrons. The zero-order valence-corrected chi connectivity index (χ0v) is 13.7. The van der Waals surface area contributed by atoms with Gasteiger partial charge in [0.05, 0.1) is 23.8 Å². The van der Waals surface area contributed by atoms with E-state index in [1.807, 2.05) is 13.8 Å². The summed E-state index contributed by atoms with van der Waals surface area (Å²) in [5.74, 6) is 0.356. The lowest BCUT2D eigenvalue weighted by atomic mass is 10.00. The van der Waals surface area contributed by atoms with Crippen molar-refractivity contribution in [2.75, 3.05) is 19.7 Å². The van der Waals surface area contributed by atoms with Gasteiger partial charge in [0.2, 0.25) is 0 Å². The highest BCUT2D eigenvalue weighted by Crippen LogP contribution is 2.40. The van der Waals surface area contributed by atoms with E-state index in [-0.39, 0.29) is 24.0 Å². The fourth-order valence-electron chi connectivity index (χ4n) is 2.93. The Morgan fingerprint density at radius 1 is 1.38 bits per heavy atom. The number of amides is 1. The molecule has 1 saturated heterocycles. The lowest BCUT2D eigenvalue weighted by molar-refractivity contribution is -0.118. The first kappa shape index (κ1) is 14.9. The molecule has 0 aliphatic carbocycles. The fraction of sp³-hybridized carbons (Fsp3) is 0.667. The molecule has 0 aromatic carbocycles. The number of ether oxygens (including phenoxy) is 1. The van der Waals surface area contributed by atoms with Gasteiger partial charge in [-0.05, 0) is 38.2 Å². The first-order valence-corrected chi connectivity index (χ1v) is 8.21. The molecule has 3 rings (SSSR count). The summed E-state index contributed by atoms with van der Waals surface area (Å²) in [6.07, 6.45) is 0.216. The molecule has 0 aromatic heterocycles. The van der Waals surface area contributed by atoms with E-state index in [2.05, 4.69) is 28.7 Å². The highest BCUT2D eigenvalue weighted by molar-refractivity contribution is 8.17. The fourth-order valence-corrected chi connectivity index (χ4v) is 4.05. The van der Waals surface area contributed by atoms with Crippen LogP contribution in [0.4, 0.5) is 0 Å². The van der Waals surface area contributed by atoms with E-state index < -0.39 is 0 Å². The van der Waals surface area contributed by atoms with Gasteiger partial charge in [0.25, 0.3) is 5.91 Å². The third-order valence-electron chi connectivity index (χ3n) is 4.38. The van der Waals surface area contributed by atoms with Crippen molar-refractivity contribution in [3.8, 4) is 0 Å². The molecule has 1 fully saturated rings. The maximum atomic E-state index is 12.3. The molecule has 0 aromatic rings. The number of hydrogen-bond donors (Lipinski definition) is 0. The number of amidine groups is 1. The number of morpholine rings is 1. The van der Waals surface area contributed by atoms with Crippen LogP contribution < -0.4 is 0 Å². The van der Waals surface area contributed by atoms with E-state index in [0.717, 1.165) is 30.3 Å². The first-order chi connectivity index (χ1) is 9.97. The average Bonchev–Trinajstić information content (AvgIpc) is 2.73. The summed E-state index contributed by atoms with van der Waals surface area (Å²) in [5.41, 5.74) is 1.10. The number of nitrogens with zero attached hydrogens (tertiary/aromatic N) is 3. The van der Waals surface area contributed by atoms with Crippen LogP contribution in [0.3, 0.4) is 0 Å². The Balaban J connectivity index is 1.80. The highest BCUT2D eigenvalue weighted by atomic mass is 32.2. The minimum absolute atomic E-state index is 0.0514. The van der Waals surface area contributed by atoms with Crippen LogP contribution in [0.1, 0.15) is 27.7 Å². The normalized spacial score (nSPS) is 31.9. The molecule has 3 aliphatic heterocycles. The molecule has 21 heavy (non-hydrogen) atoms. The number of thioether (sulfide) groups is 1. The van der Waals surface area contributed by atoms with Crippen LogP contribution >= 0.6 is 11.8 Å². The Hall–Kier alpha value is -0.980. The van der Waals surface area contributed by atoms with Crippen LogP contribution in [-0.2, 0) is 9.53 Å². The molecule has 6 heteroatoms. The van der Waals surface area contributed by atoms with Crippen LogP contribution in [0.5, 0.6) is 0 Å². The largest absolute Gasteiger partial charge is 0.376 e. The molecular formula is C15H21N3O2S. The smallest absolute Gasteiger partial charge is 0.261 e. The number of carbonyl (C=O) groups is 1. The standard InChI is InChI=1S/C15H21N3O2S/c1-8-7-18(5-6-20-8)10(3)13-16-14(19)12-9(2)11(4)21-15(12)17-13/h8,10,12H,5-7H2,1-4H3. The van der Waals surface area contributed by atoms with Crippen LogP contribution in [0.25, 0.3) is 0 Å². The van der Waals surface area contributed by atoms with E-state index in [1.54, 1.807) is 11.8 Å². The lowest BCUT2D eigenvalue weighted by Gasteiger charge is -2.35. The van der Waals surface area contributed by atoms with Gasteiger partial charge < -0.3 is 4.74 Å². The molecule has 0 bridgehead atoms. The van der Waals surface area contributed by atoms with Gasteiger partial charge in [0.1, 0.15) is 11.8 Å². The van der Waals surface area contributed by atoms with Crippen molar-refractivity contribution in [1.29, 1.82) is 0 Å². The van der Waals surface area contributed by atoms with E-state index in [9.17, 15) is 4.79 Å². The second kappa shape index (κ2) is 5.66. The van der Waals surface area contributed by atoms with Crippen molar-refractivity contribution in [3.05, 3.63) is 10.5 Å². The van der Waals surface area contributed by atoms with Crippen molar-refractivity contribution >= 4 is 28.5 Å². The number of aliphatic imine (C=N–C) groups is 2. The van der Waals surface area contributed by atoms with Gasteiger partial charge in [-0.1, -0.05) is 11.8 Å². The maximum absolute atomic E-state index is 12.3. The summed E-state index contributed by atoms with van der Waals surface area (Å²) in [6, 6.07) is 0.0514. The SMILES string of the molecule is CC1=C(C)C2C(=O)N=C(C(C)N3CCOC(C)C3)N=C2S1. The molecule has 3 aliphatic rings. The number of allylic oxidation sites excluding steroid dienone is 1. The van der Waals surface area contributed by atoms with Gasteiger partial charge in [-0.15, -0.1) is 0 Å². The summed E-state index contributed by atoms with van der Waals surface area (Å²) < 4.78 is 5.57. The van der Waals surface area contributed by atoms with Crippen LogP contribution in [0.15, 0.2) is 20.5 Å². The third kappa shape index (κ3) is 2.72. The molecule has 114 valence electrons. The number of fused-ring (bicyclic) bond motifs is 1. The summed E-state index contributed by atoms with van der Waals surface area (Å²) in [6.45, 7) is 10.6. The van der Waals surface area contributed by atoms with E-state index >= 15 is 0 Å². The van der Waals surface area contributed by atoms with Crippen molar-refractivity contribution in [2.24, 2.45) is 15.9 Å². The monoisotopic (exact) mass is 307 g/mol. The van der Waals surface area contributed by atoms with Gasteiger partial charge in [0, 0.05) is 13.1 Å². The Morgan fingerprint density at radius 3 is 2.86 bits per heavy atom. The molecule has 1 amide bonds. The predicted octanol–water partition coefficient (Wildman–Crippen LogP) is 2.09. The molecule has 3 atom stereocenters. The summed E-state index contributed by atoms with van der Waals surface area (Å²) in [5, 5.41) is 0.896. The minimum atomic E-state index is -0.227. The number of hydrogen-bond acceptors (Lipinski definition) is 5. The van der Waals surface area contributed by atoms with Crippen molar-refractivity contribution in [2.45, 2.75) is 39.8 Å². The molecule has 3 heterocycles. The molecule has 3 unspecified atom stereocenters. The van der Waals surface area contributed by atoms with Gasteiger partial charge in [-0.25, -0.2) is 4.99 Å². The summed E-state index contributed by atoms with van der Waals surface area (Å²) in [4.78, 5) is 24.8. The second-order valence-electron chi connectivity index (χ2n) is 5.88. The van der Waals surface area contributed by atoms with E-state index in [1.165, 1.54) is 4.91 Å². The lowest BCUT2D eigenvalue weighted by Crippen LogP contribution is -2.49. The molecule has 0 saturated carbocycles. The quantitative estimate of drug-likeness (QED) is 0.784. The van der Waals surface area contributed by atoms with Gasteiger partial charge in [-0.3, -0.25) is 9.69 Å².